The number of hydrogen-bond acceptors (Lipinski definition) is 5. The molecule has 2 aliphatic carbocycles. The lowest BCUT2D eigenvalue weighted by atomic mass is 9.80. The summed E-state index contributed by atoms with van der Waals surface area (Å²) < 4.78 is 0. The van der Waals surface area contributed by atoms with Crippen molar-refractivity contribution in [2.24, 2.45) is 11.3 Å². The third kappa shape index (κ3) is 7.19. The summed E-state index contributed by atoms with van der Waals surface area (Å²) in [5.41, 5.74) is 1.36. The Kier molecular flexibility index (Phi) is 9.55. The van der Waals surface area contributed by atoms with E-state index in [4.69, 9.17) is 0 Å². The molecule has 2 unspecified atom stereocenters. The van der Waals surface area contributed by atoms with Crippen molar-refractivity contribution in [1.29, 1.82) is 0 Å². The standard InChI is InChI=1S/C27H39N3O4S/c1-4-6-15-28-25(34)23-20-17-18(8-9-21(20)35-26(23)30-22(32)7-5-2)24(33)29-16-14-27(3)12-10-19(31)11-13-27/h10-12,18,31H,4-9,13-17H2,1-3H3,(H,28,34)(H,29,33)(H,30,32). The van der Waals surface area contributed by atoms with Gasteiger partial charge in [0, 0.05) is 30.3 Å². The number of aliphatic hydroxyl groups is 1. The second-order valence-electron chi connectivity index (χ2n) is 9.92. The Hall–Kier alpha value is -2.61. The molecule has 1 heterocycles. The molecule has 2 aliphatic rings. The number of amides is 3. The van der Waals surface area contributed by atoms with Crippen molar-refractivity contribution in [2.75, 3.05) is 18.4 Å². The number of carbonyl (C=O) groups is 3. The summed E-state index contributed by atoms with van der Waals surface area (Å²) in [5.74, 6) is -0.150. The number of hydrogen-bond donors (Lipinski definition) is 4. The molecule has 0 spiro atoms. The summed E-state index contributed by atoms with van der Waals surface area (Å²) in [6, 6.07) is 0. The van der Waals surface area contributed by atoms with Crippen molar-refractivity contribution >= 4 is 34.1 Å². The van der Waals surface area contributed by atoms with Gasteiger partial charge in [0.25, 0.3) is 5.91 Å². The van der Waals surface area contributed by atoms with Gasteiger partial charge in [-0.3, -0.25) is 14.4 Å². The number of rotatable bonds is 11. The van der Waals surface area contributed by atoms with Crippen molar-refractivity contribution < 1.29 is 19.5 Å². The number of aliphatic hydroxyl groups excluding tert-OH is 1. The average molecular weight is 502 g/mol. The number of unbranched alkanes of at least 4 members (excludes halogenated alkanes) is 1. The predicted octanol–water partition coefficient (Wildman–Crippen LogP) is 5.04. The van der Waals surface area contributed by atoms with Gasteiger partial charge in [0.1, 0.15) is 10.8 Å². The molecule has 0 fully saturated rings. The van der Waals surface area contributed by atoms with Crippen molar-refractivity contribution in [1.82, 2.24) is 10.6 Å². The summed E-state index contributed by atoms with van der Waals surface area (Å²) in [6.07, 6.45) is 12.0. The fraction of sp³-hybridized carbons (Fsp3) is 0.593. The second kappa shape index (κ2) is 12.4. The fourth-order valence-corrected chi connectivity index (χ4v) is 5.84. The number of aryl methyl sites for hydroxylation is 1. The van der Waals surface area contributed by atoms with E-state index in [1.54, 1.807) is 6.08 Å². The lowest BCUT2D eigenvalue weighted by Crippen LogP contribution is -2.36. The maximum Gasteiger partial charge on any atom is 0.254 e. The van der Waals surface area contributed by atoms with Crippen molar-refractivity contribution in [3.8, 4) is 0 Å². The third-order valence-corrected chi connectivity index (χ3v) is 8.04. The lowest BCUT2D eigenvalue weighted by Gasteiger charge is -2.28. The van der Waals surface area contributed by atoms with E-state index < -0.39 is 0 Å². The van der Waals surface area contributed by atoms with Gasteiger partial charge in [-0.05, 0) is 68.1 Å². The number of nitrogens with one attached hydrogen (secondary N) is 3. The Balaban J connectivity index is 1.68. The van der Waals surface area contributed by atoms with Gasteiger partial charge in [0.05, 0.1) is 5.56 Å². The highest BCUT2D eigenvalue weighted by Gasteiger charge is 2.32. The summed E-state index contributed by atoms with van der Waals surface area (Å²) in [7, 11) is 0. The van der Waals surface area contributed by atoms with Crippen molar-refractivity contribution in [3.05, 3.63) is 40.0 Å². The van der Waals surface area contributed by atoms with Gasteiger partial charge in [-0.2, -0.15) is 0 Å². The molecule has 35 heavy (non-hydrogen) atoms. The number of anilines is 1. The van der Waals surface area contributed by atoms with Gasteiger partial charge in [0.2, 0.25) is 11.8 Å². The first-order valence-corrected chi connectivity index (χ1v) is 13.7. The molecule has 0 radical (unpaired) electrons. The van der Waals surface area contributed by atoms with Crippen LogP contribution in [0.5, 0.6) is 0 Å². The van der Waals surface area contributed by atoms with Gasteiger partial charge in [0.15, 0.2) is 0 Å². The number of allylic oxidation sites excluding steroid dienone is 3. The Morgan fingerprint density at radius 1 is 1.17 bits per heavy atom. The Morgan fingerprint density at radius 3 is 2.66 bits per heavy atom. The van der Waals surface area contributed by atoms with E-state index in [0.717, 1.165) is 55.4 Å². The number of thiophene rings is 1. The van der Waals surface area contributed by atoms with E-state index >= 15 is 0 Å². The second-order valence-corrected chi connectivity index (χ2v) is 11.0. The molecular weight excluding hydrogens is 462 g/mol. The molecule has 0 saturated carbocycles. The maximum atomic E-state index is 13.1. The Labute approximate surface area is 212 Å². The third-order valence-electron chi connectivity index (χ3n) is 6.83. The molecule has 7 nitrogen and oxygen atoms in total. The van der Waals surface area contributed by atoms with Crippen LogP contribution in [0.4, 0.5) is 5.00 Å². The molecule has 3 rings (SSSR count). The maximum absolute atomic E-state index is 13.1. The van der Waals surface area contributed by atoms with Gasteiger partial charge in [-0.1, -0.05) is 33.3 Å². The average Bonchev–Trinajstić information content (AvgIpc) is 3.18. The van der Waals surface area contributed by atoms with E-state index in [1.807, 2.05) is 19.1 Å². The molecule has 0 aliphatic heterocycles. The minimum atomic E-state index is -0.197. The zero-order chi connectivity index (χ0) is 25.4. The first-order valence-electron chi connectivity index (χ1n) is 12.8. The molecule has 4 N–H and O–H groups in total. The highest BCUT2D eigenvalue weighted by molar-refractivity contribution is 7.17. The van der Waals surface area contributed by atoms with E-state index in [9.17, 15) is 19.5 Å². The smallest absolute Gasteiger partial charge is 0.254 e. The number of carbonyl (C=O) groups excluding carboxylic acids is 3. The first-order chi connectivity index (χ1) is 16.8. The predicted molar refractivity (Wildman–Crippen MR) is 141 cm³/mol. The first kappa shape index (κ1) is 27.0. The van der Waals surface area contributed by atoms with Gasteiger partial charge >= 0.3 is 0 Å². The molecule has 0 aromatic carbocycles. The lowest BCUT2D eigenvalue weighted by molar-refractivity contribution is -0.125. The highest BCUT2D eigenvalue weighted by Crippen LogP contribution is 2.40. The zero-order valence-corrected chi connectivity index (χ0v) is 22.0. The molecule has 2 atom stereocenters. The SMILES string of the molecule is CCCCNC(=O)c1c(NC(=O)CCC)sc2c1CC(C(=O)NCCC1(C)C=CC(O)=CC1)CC2. The molecule has 3 amide bonds. The number of fused-ring (bicyclic) bond motifs is 1. The van der Waals surface area contributed by atoms with Crippen LogP contribution < -0.4 is 16.0 Å². The molecule has 192 valence electrons. The normalized spacial score (nSPS) is 21.1. The van der Waals surface area contributed by atoms with Gasteiger partial charge in [-0.25, -0.2) is 0 Å². The molecule has 8 heteroatoms. The molecule has 1 aromatic rings. The largest absolute Gasteiger partial charge is 0.508 e. The van der Waals surface area contributed by atoms with E-state index in [2.05, 4.69) is 29.8 Å². The topological polar surface area (TPSA) is 108 Å². The van der Waals surface area contributed by atoms with Crippen LogP contribution in [0.15, 0.2) is 24.0 Å². The Morgan fingerprint density at radius 2 is 1.97 bits per heavy atom. The van der Waals surface area contributed by atoms with Crippen LogP contribution in [-0.2, 0) is 22.4 Å². The van der Waals surface area contributed by atoms with E-state index in [0.29, 0.717) is 42.3 Å². The van der Waals surface area contributed by atoms with Crippen molar-refractivity contribution in [2.45, 2.75) is 78.6 Å². The van der Waals surface area contributed by atoms with Crippen LogP contribution in [-0.4, -0.2) is 35.9 Å². The van der Waals surface area contributed by atoms with Crippen LogP contribution >= 0.6 is 11.3 Å². The minimum Gasteiger partial charge on any atom is -0.508 e. The minimum absolute atomic E-state index is 0.0116. The zero-order valence-electron chi connectivity index (χ0n) is 21.2. The quantitative estimate of drug-likeness (QED) is 0.319. The summed E-state index contributed by atoms with van der Waals surface area (Å²) in [6.45, 7) is 7.29. The molecule has 1 aromatic heterocycles. The van der Waals surface area contributed by atoms with E-state index in [-0.39, 0.29) is 29.1 Å². The van der Waals surface area contributed by atoms with Crippen LogP contribution in [0.3, 0.4) is 0 Å². The highest BCUT2D eigenvalue weighted by atomic mass is 32.1. The molecule has 0 bridgehead atoms. The summed E-state index contributed by atoms with van der Waals surface area (Å²) >= 11 is 1.48. The fourth-order valence-electron chi connectivity index (χ4n) is 4.58. The van der Waals surface area contributed by atoms with Gasteiger partial charge in [-0.15, -0.1) is 11.3 Å². The van der Waals surface area contributed by atoms with Crippen LogP contribution in [0, 0.1) is 11.3 Å². The van der Waals surface area contributed by atoms with E-state index in [1.165, 1.54) is 11.3 Å². The van der Waals surface area contributed by atoms with Crippen molar-refractivity contribution in [3.63, 3.8) is 0 Å². The monoisotopic (exact) mass is 501 g/mol. The molecular formula is C27H39N3O4S. The van der Waals surface area contributed by atoms with Crippen LogP contribution in [0.25, 0.3) is 0 Å². The van der Waals surface area contributed by atoms with Crippen LogP contribution in [0.1, 0.15) is 86.5 Å². The molecule has 0 saturated heterocycles. The van der Waals surface area contributed by atoms with Gasteiger partial charge < -0.3 is 21.1 Å². The summed E-state index contributed by atoms with van der Waals surface area (Å²) in [5, 5.41) is 19.2. The Bertz CT molecular complexity index is 997. The summed E-state index contributed by atoms with van der Waals surface area (Å²) in [4.78, 5) is 39.5. The van der Waals surface area contributed by atoms with Crippen LogP contribution in [0.2, 0.25) is 0 Å².